The molecule has 32 heavy (non-hydrogen) atoms. The van der Waals surface area contributed by atoms with Crippen LogP contribution in [0.1, 0.15) is 117 Å². The van der Waals surface area contributed by atoms with Crippen LogP contribution in [0.25, 0.3) is 0 Å². The Bertz CT molecular complexity index is 419. The first kappa shape index (κ1) is 31.5. The summed E-state index contributed by atoms with van der Waals surface area (Å²) in [6, 6.07) is 0. The highest BCUT2D eigenvalue weighted by molar-refractivity contribution is 4.94. The molecule has 0 aromatic carbocycles. The van der Waals surface area contributed by atoms with Gasteiger partial charge >= 0.3 is 12.4 Å². The molecule has 1 nitrogen and oxygen atoms in total. The minimum absolute atomic E-state index is 0.181. The molecular weight excluding hydrogens is 437 g/mol. The second-order valence-electron chi connectivity index (χ2n) is 9.29. The molecular formula is C24H43F7O. The van der Waals surface area contributed by atoms with Gasteiger partial charge in [0.2, 0.25) is 0 Å². The fourth-order valence-corrected chi connectivity index (χ4v) is 3.56. The monoisotopic (exact) mass is 480 g/mol. The van der Waals surface area contributed by atoms with E-state index in [4.69, 9.17) is 4.74 Å². The third kappa shape index (κ3) is 14.6. The van der Waals surface area contributed by atoms with Gasteiger partial charge in [-0.1, -0.05) is 90.9 Å². The average molecular weight is 481 g/mol. The minimum atomic E-state index is -5.92. The molecule has 0 aliphatic rings. The zero-order valence-electron chi connectivity index (χ0n) is 19.9. The Labute approximate surface area is 189 Å². The van der Waals surface area contributed by atoms with E-state index in [2.05, 4.69) is 13.8 Å². The molecule has 0 aromatic heterocycles. The van der Waals surface area contributed by atoms with Crippen LogP contribution < -0.4 is 0 Å². The van der Waals surface area contributed by atoms with Gasteiger partial charge in [0.05, 0.1) is 0 Å². The Morgan fingerprint density at radius 3 is 1.19 bits per heavy atom. The first-order valence-electron chi connectivity index (χ1n) is 12.3. The second kappa shape index (κ2) is 17.0. The number of hydrogen-bond donors (Lipinski definition) is 0. The highest BCUT2D eigenvalue weighted by Crippen LogP contribution is 2.49. The first-order chi connectivity index (χ1) is 14.9. The molecule has 0 aliphatic carbocycles. The number of ether oxygens (including phenoxy) is 1. The SMILES string of the molecule is CC(C)CCOCCCCCCCCCCCCCCCCC(F)(C(F)(F)F)C(F)(F)F. The molecule has 0 amide bonds. The van der Waals surface area contributed by atoms with Gasteiger partial charge in [0.25, 0.3) is 5.67 Å². The summed E-state index contributed by atoms with van der Waals surface area (Å²) in [6.07, 6.45) is 0.164. The van der Waals surface area contributed by atoms with Crippen LogP contribution in [0.3, 0.4) is 0 Å². The summed E-state index contributed by atoms with van der Waals surface area (Å²) in [4.78, 5) is 0. The van der Waals surface area contributed by atoms with Crippen molar-refractivity contribution in [1.29, 1.82) is 0 Å². The molecule has 0 aliphatic heterocycles. The van der Waals surface area contributed by atoms with E-state index in [0.29, 0.717) is 12.3 Å². The van der Waals surface area contributed by atoms with E-state index in [1.807, 2.05) is 0 Å². The molecule has 0 heterocycles. The van der Waals surface area contributed by atoms with Crippen LogP contribution >= 0.6 is 0 Å². The lowest BCUT2D eigenvalue weighted by molar-refractivity contribution is -0.343. The van der Waals surface area contributed by atoms with Crippen molar-refractivity contribution in [2.75, 3.05) is 13.2 Å². The van der Waals surface area contributed by atoms with Crippen LogP contribution in [0.15, 0.2) is 0 Å². The van der Waals surface area contributed by atoms with Gasteiger partial charge in [-0.15, -0.1) is 0 Å². The lowest BCUT2D eigenvalue weighted by Crippen LogP contribution is -2.53. The van der Waals surface area contributed by atoms with Crippen LogP contribution in [-0.2, 0) is 4.74 Å². The lowest BCUT2D eigenvalue weighted by Gasteiger charge is -2.29. The van der Waals surface area contributed by atoms with Gasteiger partial charge in [0.1, 0.15) is 0 Å². The smallest absolute Gasteiger partial charge is 0.381 e. The lowest BCUT2D eigenvalue weighted by atomic mass is 9.95. The van der Waals surface area contributed by atoms with Gasteiger partial charge in [0, 0.05) is 13.2 Å². The molecule has 0 unspecified atom stereocenters. The summed E-state index contributed by atoms with van der Waals surface area (Å²) in [6.45, 7) is 6.09. The molecule has 0 saturated carbocycles. The molecule has 0 rings (SSSR count). The first-order valence-corrected chi connectivity index (χ1v) is 12.3. The maximum atomic E-state index is 13.5. The van der Waals surface area contributed by atoms with Gasteiger partial charge in [-0.05, 0) is 31.6 Å². The molecule has 0 radical (unpaired) electrons. The maximum absolute atomic E-state index is 13.5. The standard InChI is InChI=1S/C24H43F7O/c1-21(2)17-20-32-19-16-14-12-10-8-6-4-3-5-7-9-11-13-15-18-22(25,23(26,27)28)24(29,30)31/h21H,3-20H2,1-2H3. The Morgan fingerprint density at radius 2 is 0.844 bits per heavy atom. The molecule has 0 fully saturated rings. The van der Waals surface area contributed by atoms with Crippen molar-refractivity contribution in [3.05, 3.63) is 0 Å². The Hall–Kier alpha value is -0.530. The van der Waals surface area contributed by atoms with Gasteiger partial charge in [-0.2, -0.15) is 26.3 Å². The van der Waals surface area contributed by atoms with Crippen molar-refractivity contribution < 1.29 is 35.5 Å². The number of rotatable bonds is 20. The number of unbranched alkanes of at least 4 members (excludes halogenated alkanes) is 13. The number of hydrogen-bond acceptors (Lipinski definition) is 1. The van der Waals surface area contributed by atoms with Crippen molar-refractivity contribution in [2.45, 2.75) is 135 Å². The maximum Gasteiger partial charge on any atom is 0.431 e. The molecule has 0 N–H and O–H groups in total. The fraction of sp³-hybridized carbons (Fsp3) is 1.00. The Balaban J connectivity index is 3.45. The van der Waals surface area contributed by atoms with Crippen molar-refractivity contribution >= 4 is 0 Å². The summed E-state index contributed by atoms with van der Waals surface area (Å²) >= 11 is 0. The quantitative estimate of drug-likeness (QED) is 0.124. The summed E-state index contributed by atoms with van der Waals surface area (Å²) in [5.74, 6) is 0.687. The van der Waals surface area contributed by atoms with Crippen LogP contribution in [0.5, 0.6) is 0 Å². The molecule has 0 saturated heterocycles. The topological polar surface area (TPSA) is 9.23 Å². The van der Waals surface area contributed by atoms with Crippen LogP contribution in [-0.4, -0.2) is 31.2 Å². The van der Waals surface area contributed by atoms with Gasteiger partial charge in [-0.3, -0.25) is 0 Å². The van der Waals surface area contributed by atoms with Gasteiger partial charge < -0.3 is 4.74 Å². The van der Waals surface area contributed by atoms with Crippen molar-refractivity contribution in [2.24, 2.45) is 5.92 Å². The van der Waals surface area contributed by atoms with Gasteiger partial charge in [-0.25, -0.2) is 4.39 Å². The Morgan fingerprint density at radius 1 is 0.500 bits per heavy atom. The third-order valence-corrected chi connectivity index (χ3v) is 5.80. The van der Waals surface area contributed by atoms with E-state index >= 15 is 0 Å². The van der Waals surface area contributed by atoms with E-state index in [0.717, 1.165) is 58.2 Å². The highest BCUT2D eigenvalue weighted by Gasteiger charge is 2.71. The average Bonchev–Trinajstić information content (AvgIpc) is 2.67. The number of alkyl halides is 7. The van der Waals surface area contributed by atoms with Gasteiger partial charge in [0.15, 0.2) is 0 Å². The highest BCUT2D eigenvalue weighted by atomic mass is 19.4. The molecule has 0 atom stereocenters. The second-order valence-corrected chi connectivity index (χ2v) is 9.29. The normalized spacial score (nSPS) is 13.3. The summed E-state index contributed by atoms with van der Waals surface area (Å²) in [5, 5.41) is 0. The van der Waals surface area contributed by atoms with Crippen LogP contribution in [0, 0.1) is 5.92 Å². The van der Waals surface area contributed by atoms with E-state index in [1.165, 1.54) is 32.1 Å². The van der Waals surface area contributed by atoms with Crippen molar-refractivity contribution in [1.82, 2.24) is 0 Å². The zero-order valence-corrected chi connectivity index (χ0v) is 19.9. The predicted molar refractivity (Wildman–Crippen MR) is 115 cm³/mol. The molecule has 8 heteroatoms. The predicted octanol–water partition coefficient (Wildman–Crippen LogP) is 9.73. The number of halogens is 7. The third-order valence-electron chi connectivity index (χ3n) is 5.80. The minimum Gasteiger partial charge on any atom is -0.381 e. The van der Waals surface area contributed by atoms with Crippen molar-refractivity contribution in [3.8, 4) is 0 Å². The van der Waals surface area contributed by atoms with E-state index in [9.17, 15) is 30.7 Å². The Kier molecular flexibility index (Phi) is 16.7. The van der Waals surface area contributed by atoms with Crippen LogP contribution in [0.4, 0.5) is 30.7 Å². The molecule has 194 valence electrons. The summed E-state index contributed by atoms with van der Waals surface area (Å²) in [7, 11) is 0. The zero-order chi connectivity index (χ0) is 24.5. The summed E-state index contributed by atoms with van der Waals surface area (Å²) in [5.41, 5.74) is -5.10. The molecule has 0 aromatic rings. The largest absolute Gasteiger partial charge is 0.431 e. The van der Waals surface area contributed by atoms with E-state index < -0.39 is 30.9 Å². The van der Waals surface area contributed by atoms with Crippen molar-refractivity contribution in [3.63, 3.8) is 0 Å². The molecule has 0 bridgehead atoms. The molecule has 0 spiro atoms. The van der Waals surface area contributed by atoms with E-state index in [-0.39, 0.29) is 6.42 Å². The van der Waals surface area contributed by atoms with Crippen LogP contribution in [0.2, 0.25) is 0 Å². The fourth-order valence-electron chi connectivity index (χ4n) is 3.56. The summed E-state index contributed by atoms with van der Waals surface area (Å²) < 4.78 is 93.7. The van der Waals surface area contributed by atoms with E-state index in [1.54, 1.807) is 0 Å².